The van der Waals surface area contributed by atoms with Crippen LogP contribution in [0, 0.1) is 11.3 Å². The van der Waals surface area contributed by atoms with E-state index in [0.717, 1.165) is 0 Å². The van der Waals surface area contributed by atoms with E-state index in [1.807, 2.05) is 0 Å². The lowest BCUT2D eigenvalue weighted by molar-refractivity contribution is 0.604. The summed E-state index contributed by atoms with van der Waals surface area (Å²) in [5.74, 6) is -0.568. The molecule has 0 fully saturated rings. The Morgan fingerprint density at radius 3 is 2.93 bits per heavy atom. The first-order valence-electron chi connectivity index (χ1n) is 3.52. The summed E-state index contributed by atoms with van der Waals surface area (Å²) in [6.45, 7) is 0. The van der Waals surface area contributed by atoms with Crippen molar-refractivity contribution in [3.63, 3.8) is 0 Å². The molecule has 0 bridgehead atoms. The maximum atomic E-state index is 11.2. The van der Waals surface area contributed by atoms with Gasteiger partial charge in [0.2, 0.25) is 10.0 Å². The Morgan fingerprint density at radius 1 is 1.64 bits per heavy atom. The fourth-order valence-corrected chi connectivity index (χ4v) is 1.98. The van der Waals surface area contributed by atoms with Crippen molar-refractivity contribution in [1.29, 1.82) is 5.26 Å². The van der Waals surface area contributed by atoms with E-state index in [0.29, 0.717) is 10.2 Å². The molecule has 0 atom stereocenters. The van der Waals surface area contributed by atoms with Crippen LogP contribution in [0.2, 0.25) is 0 Å². The molecule has 1 heterocycles. The topological polar surface area (TPSA) is 82.8 Å². The van der Waals surface area contributed by atoms with Crippen molar-refractivity contribution < 1.29 is 8.42 Å². The van der Waals surface area contributed by atoms with Gasteiger partial charge in [0.1, 0.15) is 0 Å². The predicted octanol–water partition coefficient (Wildman–Crippen LogP) is 1.11. The van der Waals surface area contributed by atoms with E-state index in [2.05, 4.69) is 25.6 Å². The standard InChI is InChI=1S/C7H6BrN3O2S/c8-6-5-10-3-1-7(6)11-14(12,13)4-2-9/h1,3,5H,4H2,(H,10,11). The first-order valence-corrected chi connectivity index (χ1v) is 5.96. The molecule has 1 aromatic heterocycles. The van der Waals surface area contributed by atoms with Gasteiger partial charge in [0.05, 0.1) is 16.2 Å². The molecule has 1 rings (SSSR count). The molecule has 0 aliphatic carbocycles. The summed E-state index contributed by atoms with van der Waals surface area (Å²) in [7, 11) is -3.58. The van der Waals surface area contributed by atoms with Gasteiger partial charge in [-0.2, -0.15) is 5.26 Å². The summed E-state index contributed by atoms with van der Waals surface area (Å²) in [5.41, 5.74) is 0.371. The van der Waals surface area contributed by atoms with Crippen molar-refractivity contribution in [1.82, 2.24) is 4.98 Å². The largest absolute Gasteiger partial charge is 0.281 e. The molecule has 0 aromatic carbocycles. The molecule has 14 heavy (non-hydrogen) atoms. The number of sulfonamides is 1. The van der Waals surface area contributed by atoms with Crippen LogP contribution >= 0.6 is 15.9 Å². The third-order valence-corrected chi connectivity index (χ3v) is 2.96. The lowest BCUT2D eigenvalue weighted by atomic mass is 10.4. The molecule has 0 saturated carbocycles. The van der Waals surface area contributed by atoms with Crippen molar-refractivity contribution >= 4 is 31.6 Å². The SMILES string of the molecule is N#CCS(=O)(=O)Nc1ccncc1Br. The van der Waals surface area contributed by atoms with Crippen LogP contribution in [0.3, 0.4) is 0 Å². The molecule has 0 radical (unpaired) electrons. The molecule has 0 aliphatic rings. The number of anilines is 1. The van der Waals surface area contributed by atoms with Crippen LogP contribution in [0.25, 0.3) is 0 Å². The van der Waals surface area contributed by atoms with E-state index in [4.69, 9.17) is 5.26 Å². The third kappa shape index (κ3) is 2.97. The zero-order chi connectivity index (χ0) is 10.6. The summed E-state index contributed by atoms with van der Waals surface area (Å²) in [4.78, 5) is 3.77. The second-order valence-electron chi connectivity index (χ2n) is 2.37. The zero-order valence-electron chi connectivity index (χ0n) is 6.94. The number of pyridine rings is 1. The van der Waals surface area contributed by atoms with Crippen LogP contribution < -0.4 is 4.72 Å². The van der Waals surface area contributed by atoms with Gasteiger partial charge in [-0.3, -0.25) is 9.71 Å². The van der Waals surface area contributed by atoms with E-state index >= 15 is 0 Å². The highest BCUT2D eigenvalue weighted by atomic mass is 79.9. The quantitative estimate of drug-likeness (QED) is 0.896. The van der Waals surface area contributed by atoms with E-state index in [1.165, 1.54) is 18.5 Å². The van der Waals surface area contributed by atoms with Crippen molar-refractivity contribution in [3.05, 3.63) is 22.9 Å². The highest BCUT2D eigenvalue weighted by molar-refractivity contribution is 9.10. The molecule has 1 aromatic rings. The molecule has 7 heteroatoms. The van der Waals surface area contributed by atoms with Gasteiger partial charge < -0.3 is 0 Å². The number of halogens is 1. The number of nitriles is 1. The first kappa shape index (κ1) is 10.9. The van der Waals surface area contributed by atoms with Gasteiger partial charge in [-0.1, -0.05) is 0 Å². The minimum absolute atomic E-state index is 0.371. The molecule has 0 aliphatic heterocycles. The number of hydrogen-bond donors (Lipinski definition) is 1. The van der Waals surface area contributed by atoms with E-state index in [-0.39, 0.29) is 0 Å². The van der Waals surface area contributed by atoms with Crippen molar-refractivity contribution in [2.45, 2.75) is 0 Å². The average Bonchev–Trinajstić information content (AvgIpc) is 2.08. The van der Waals surface area contributed by atoms with Crippen molar-refractivity contribution in [2.24, 2.45) is 0 Å². The Balaban J connectivity index is 2.91. The van der Waals surface area contributed by atoms with Gasteiger partial charge >= 0.3 is 0 Å². The zero-order valence-corrected chi connectivity index (χ0v) is 9.34. The normalized spacial score (nSPS) is 10.6. The Bertz CT molecular complexity index is 466. The number of rotatable bonds is 3. The average molecular weight is 276 g/mol. The van der Waals surface area contributed by atoms with Crippen LogP contribution in [0.4, 0.5) is 5.69 Å². The monoisotopic (exact) mass is 275 g/mol. The van der Waals surface area contributed by atoms with E-state index in [1.54, 1.807) is 6.07 Å². The molecule has 74 valence electrons. The Morgan fingerprint density at radius 2 is 2.36 bits per heavy atom. The van der Waals surface area contributed by atoms with Crippen LogP contribution in [0.15, 0.2) is 22.9 Å². The lowest BCUT2D eigenvalue weighted by Crippen LogP contribution is -2.15. The molecular weight excluding hydrogens is 270 g/mol. The predicted molar refractivity (Wildman–Crippen MR) is 55.0 cm³/mol. The summed E-state index contributed by atoms with van der Waals surface area (Å²) in [6, 6.07) is 3.07. The Hall–Kier alpha value is -1.13. The smallest absolute Gasteiger partial charge is 0.246 e. The van der Waals surface area contributed by atoms with Gasteiger partial charge in [-0.15, -0.1) is 0 Å². The fourth-order valence-electron chi connectivity index (χ4n) is 0.747. The van der Waals surface area contributed by atoms with E-state index in [9.17, 15) is 8.42 Å². The minimum atomic E-state index is -3.58. The van der Waals surface area contributed by atoms with E-state index < -0.39 is 15.8 Å². The minimum Gasteiger partial charge on any atom is -0.281 e. The molecule has 1 N–H and O–H groups in total. The molecule has 0 spiro atoms. The molecule has 0 amide bonds. The van der Waals surface area contributed by atoms with Gasteiger partial charge in [0.25, 0.3) is 0 Å². The van der Waals surface area contributed by atoms with Crippen LogP contribution in [0.5, 0.6) is 0 Å². The second kappa shape index (κ2) is 4.39. The van der Waals surface area contributed by atoms with Crippen LogP contribution in [-0.4, -0.2) is 19.2 Å². The highest BCUT2D eigenvalue weighted by Gasteiger charge is 2.10. The van der Waals surface area contributed by atoms with Gasteiger partial charge in [0.15, 0.2) is 5.75 Å². The second-order valence-corrected chi connectivity index (χ2v) is 4.95. The number of nitrogens with zero attached hydrogens (tertiary/aromatic N) is 2. The Labute approximate surface area is 90.0 Å². The summed E-state index contributed by atoms with van der Waals surface area (Å²) in [6.07, 6.45) is 2.92. The van der Waals surface area contributed by atoms with Crippen molar-refractivity contribution in [2.75, 3.05) is 10.5 Å². The number of hydrogen-bond acceptors (Lipinski definition) is 4. The summed E-state index contributed by atoms with van der Waals surface area (Å²) < 4.78 is 25.1. The van der Waals surface area contributed by atoms with Gasteiger partial charge in [0, 0.05) is 12.4 Å². The highest BCUT2D eigenvalue weighted by Crippen LogP contribution is 2.20. The molecule has 0 saturated heterocycles. The van der Waals surface area contributed by atoms with Gasteiger partial charge in [-0.05, 0) is 22.0 Å². The number of aromatic nitrogens is 1. The fraction of sp³-hybridized carbons (Fsp3) is 0.143. The van der Waals surface area contributed by atoms with Gasteiger partial charge in [-0.25, -0.2) is 8.42 Å². The molecule has 0 unspecified atom stereocenters. The lowest BCUT2D eigenvalue weighted by Gasteiger charge is -2.05. The summed E-state index contributed by atoms with van der Waals surface area (Å²) >= 11 is 3.13. The van der Waals surface area contributed by atoms with Crippen LogP contribution in [-0.2, 0) is 10.0 Å². The maximum absolute atomic E-state index is 11.2. The number of nitrogens with one attached hydrogen (secondary N) is 1. The Kier molecular flexibility index (Phi) is 3.43. The first-order chi connectivity index (χ1) is 6.55. The maximum Gasteiger partial charge on any atom is 0.246 e. The van der Waals surface area contributed by atoms with Crippen molar-refractivity contribution in [3.8, 4) is 6.07 Å². The third-order valence-electron chi connectivity index (χ3n) is 1.29. The molecular formula is C7H6BrN3O2S. The summed E-state index contributed by atoms with van der Waals surface area (Å²) in [5, 5.41) is 8.26. The van der Waals surface area contributed by atoms with Crippen LogP contribution in [0.1, 0.15) is 0 Å². The molecule has 5 nitrogen and oxygen atoms in total.